The van der Waals surface area contributed by atoms with E-state index in [1.54, 1.807) is 24.5 Å². The number of hydrogen-bond acceptors (Lipinski definition) is 4. The molecule has 1 atom stereocenters. The highest BCUT2D eigenvalue weighted by molar-refractivity contribution is 14.0. The smallest absolute Gasteiger partial charge is 0.191 e. The maximum absolute atomic E-state index is 13.9. The number of fused-ring (bicyclic) bond motifs is 1. The first-order valence-corrected chi connectivity index (χ1v) is 10.3. The number of aliphatic hydroxyl groups excluding tert-OH is 1. The molecule has 3 rings (SSSR count). The molecule has 3 N–H and O–H groups in total. The Kier molecular flexibility index (Phi) is 9.47. The van der Waals surface area contributed by atoms with E-state index in [1.165, 1.54) is 6.07 Å². The van der Waals surface area contributed by atoms with E-state index in [2.05, 4.69) is 21.7 Å². The third-order valence-electron chi connectivity index (χ3n) is 4.52. The van der Waals surface area contributed by atoms with Crippen molar-refractivity contribution in [3.05, 3.63) is 70.4 Å². The van der Waals surface area contributed by atoms with Gasteiger partial charge < -0.3 is 20.6 Å². The minimum Gasteiger partial charge on any atom is -0.386 e. The van der Waals surface area contributed by atoms with Gasteiger partial charge in [-0.05, 0) is 49.3 Å². The van der Waals surface area contributed by atoms with Gasteiger partial charge in [-0.3, -0.25) is 4.99 Å². The van der Waals surface area contributed by atoms with Crippen molar-refractivity contribution >= 4 is 51.4 Å². The molecule has 1 unspecified atom stereocenters. The van der Waals surface area contributed by atoms with Crippen LogP contribution in [0.15, 0.2) is 53.5 Å². The fourth-order valence-electron chi connectivity index (χ4n) is 3.07. The Labute approximate surface area is 198 Å². The molecule has 5 nitrogen and oxygen atoms in total. The maximum Gasteiger partial charge on any atom is 0.191 e. The molecule has 1 aromatic heterocycles. The quantitative estimate of drug-likeness (QED) is 0.239. The molecule has 0 aliphatic rings. The molecule has 0 saturated carbocycles. The van der Waals surface area contributed by atoms with Gasteiger partial charge in [0.05, 0.1) is 0 Å². The van der Waals surface area contributed by atoms with Crippen LogP contribution in [0, 0.1) is 5.82 Å². The monoisotopic (exact) mass is 542 g/mol. The van der Waals surface area contributed by atoms with Gasteiger partial charge in [0.15, 0.2) is 5.96 Å². The topological polar surface area (TPSA) is 59.9 Å². The standard InChI is InChI=1S/C22H27FN4OS.HI/c1-24-22(25-12-15-8-9-18(23)17(10-15)14-27(2)3)26-13-19(28)21-11-16-6-4-5-7-20(16)29-21;/h4-11,19,28H,12-14H2,1-3H3,(H2,24,25,26);1H. The first-order valence-electron chi connectivity index (χ1n) is 9.49. The summed E-state index contributed by atoms with van der Waals surface area (Å²) in [4.78, 5) is 7.06. The summed E-state index contributed by atoms with van der Waals surface area (Å²) in [6, 6.07) is 15.2. The molecule has 162 valence electrons. The van der Waals surface area contributed by atoms with Crippen LogP contribution in [-0.4, -0.2) is 43.7 Å². The lowest BCUT2D eigenvalue weighted by atomic mass is 10.1. The Bertz CT molecular complexity index is 959. The van der Waals surface area contributed by atoms with E-state index < -0.39 is 6.10 Å². The first kappa shape index (κ1) is 24.5. The summed E-state index contributed by atoms with van der Waals surface area (Å²) < 4.78 is 15.1. The Morgan fingerprint density at radius 3 is 2.63 bits per heavy atom. The summed E-state index contributed by atoms with van der Waals surface area (Å²) in [6.07, 6.45) is -0.622. The number of guanidine groups is 1. The lowest BCUT2D eigenvalue weighted by molar-refractivity contribution is 0.184. The Hall–Kier alpha value is -1.75. The van der Waals surface area contributed by atoms with Crippen molar-refractivity contribution in [2.45, 2.75) is 19.2 Å². The number of thiophene rings is 1. The molecule has 0 fully saturated rings. The summed E-state index contributed by atoms with van der Waals surface area (Å²) >= 11 is 1.59. The third kappa shape index (κ3) is 6.63. The normalized spacial score (nSPS) is 12.7. The molecule has 0 aliphatic carbocycles. The number of nitrogens with zero attached hydrogens (tertiary/aromatic N) is 2. The van der Waals surface area contributed by atoms with Gasteiger partial charge in [-0.15, -0.1) is 35.3 Å². The van der Waals surface area contributed by atoms with Crippen molar-refractivity contribution in [1.82, 2.24) is 15.5 Å². The minimum absolute atomic E-state index is 0. The lowest BCUT2D eigenvalue weighted by Crippen LogP contribution is -2.38. The summed E-state index contributed by atoms with van der Waals surface area (Å²) in [5.41, 5.74) is 1.63. The van der Waals surface area contributed by atoms with Crippen LogP contribution in [0.2, 0.25) is 0 Å². The van der Waals surface area contributed by atoms with Crippen LogP contribution in [0.5, 0.6) is 0 Å². The van der Waals surface area contributed by atoms with E-state index in [9.17, 15) is 9.50 Å². The van der Waals surface area contributed by atoms with Gasteiger partial charge in [0.1, 0.15) is 11.9 Å². The van der Waals surface area contributed by atoms with Crippen LogP contribution in [0.4, 0.5) is 4.39 Å². The molecule has 2 aromatic carbocycles. The van der Waals surface area contributed by atoms with E-state index in [0.29, 0.717) is 31.2 Å². The molecular weight excluding hydrogens is 514 g/mol. The van der Waals surface area contributed by atoms with Gasteiger partial charge in [0, 0.05) is 41.8 Å². The van der Waals surface area contributed by atoms with E-state index in [1.807, 2.05) is 49.3 Å². The molecule has 8 heteroatoms. The van der Waals surface area contributed by atoms with Crippen LogP contribution in [0.1, 0.15) is 22.1 Å². The second-order valence-corrected chi connectivity index (χ2v) is 8.29. The second kappa shape index (κ2) is 11.6. The molecule has 0 radical (unpaired) electrons. The van der Waals surface area contributed by atoms with Crippen molar-refractivity contribution < 1.29 is 9.50 Å². The van der Waals surface area contributed by atoms with Crippen molar-refractivity contribution in [3.8, 4) is 0 Å². The fourth-order valence-corrected chi connectivity index (χ4v) is 4.12. The predicted octanol–water partition coefficient (Wildman–Crippen LogP) is 4.12. The van der Waals surface area contributed by atoms with Gasteiger partial charge in [-0.1, -0.05) is 24.3 Å². The average molecular weight is 542 g/mol. The molecular formula is C22H28FIN4OS. The Morgan fingerprint density at radius 1 is 1.17 bits per heavy atom. The highest BCUT2D eigenvalue weighted by atomic mass is 127. The van der Waals surface area contributed by atoms with Crippen LogP contribution in [-0.2, 0) is 13.1 Å². The molecule has 0 saturated heterocycles. The summed E-state index contributed by atoms with van der Waals surface area (Å²) in [5.74, 6) is 0.389. The number of aliphatic hydroxyl groups is 1. The minimum atomic E-state index is -0.622. The first-order chi connectivity index (χ1) is 14.0. The average Bonchev–Trinajstić information content (AvgIpc) is 3.14. The predicted molar refractivity (Wildman–Crippen MR) is 134 cm³/mol. The summed E-state index contributed by atoms with van der Waals surface area (Å²) in [5, 5.41) is 18.0. The van der Waals surface area contributed by atoms with E-state index >= 15 is 0 Å². The number of hydrogen-bond donors (Lipinski definition) is 3. The number of rotatable bonds is 7. The summed E-state index contributed by atoms with van der Waals surface area (Å²) in [6.45, 7) is 1.41. The van der Waals surface area contributed by atoms with Gasteiger partial charge in [-0.25, -0.2) is 4.39 Å². The van der Waals surface area contributed by atoms with E-state index in [4.69, 9.17) is 0 Å². The molecule has 0 amide bonds. The summed E-state index contributed by atoms with van der Waals surface area (Å²) in [7, 11) is 5.51. The SMILES string of the molecule is CN=C(NCc1ccc(F)c(CN(C)C)c1)NCC(O)c1cc2ccccc2s1.I. The lowest BCUT2D eigenvalue weighted by Gasteiger charge is -2.16. The van der Waals surface area contributed by atoms with Crippen molar-refractivity contribution in [2.75, 3.05) is 27.7 Å². The molecule has 0 spiro atoms. The zero-order chi connectivity index (χ0) is 20.8. The zero-order valence-corrected chi connectivity index (χ0v) is 20.5. The van der Waals surface area contributed by atoms with Crippen molar-refractivity contribution in [3.63, 3.8) is 0 Å². The number of aliphatic imine (C=N–C) groups is 1. The molecule has 1 heterocycles. The Morgan fingerprint density at radius 2 is 1.93 bits per heavy atom. The number of halogens is 2. The largest absolute Gasteiger partial charge is 0.386 e. The van der Waals surface area contributed by atoms with Crippen LogP contribution in [0.25, 0.3) is 10.1 Å². The van der Waals surface area contributed by atoms with Crippen LogP contribution < -0.4 is 10.6 Å². The zero-order valence-electron chi connectivity index (χ0n) is 17.4. The number of benzene rings is 2. The highest BCUT2D eigenvalue weighted by Gasteiger charge is 2.12. The molecule has 30 heavy (non-hydrogen) atoms. The molecule has 0 bridgehead atoms. The molecule has 3 aromatic rings. The number of nitrogens with one attached hydrogen (secondary N) is 2. The van der Waals surface area contributed by atoms with Crippen LogP contribution >= 0.6 is 35.3 Å². The van der Waals surface area contributed by atoms with Crippen molar-refractivity contribution in [1.29, 1.82) is 0 Å². The van der Waals surface area contributed by atoms with Crippen LogP contribution in [0.3, 0.4) is 0 Å². The third-order valence-corrected chi connectivity index (χ3v) is 5.73. The van der Waals surface area contributed by atoms with Gasteiger partial charge in [-0.2, -0.15) is 0 Å². The molecule has 0 aliphatic heterocycles. The van der Waals surface area contributed by atoms with Gasteiger partial charge >= 0.3 is 0 Å². The fraction of sp³-hybridized carbons (Fsp3) is 0.318. The van der Waals surface area contributed by atoms with Gasteiger partial charge in [0.2, 0.25) is 0 Å². The van der Waals surface area contributed by atoms with Crippen molar-refractivity contribution in [2.24, 2.45) is 4.99 Å². The van der Waals surface area contributed by atoms with Gasteiger partial charge in [0.25, 0.3) is 0 Å². The Balaban J connectivity index is 0.00000320. The van der Waals surface area contributed by atoms with E-state index in [0.717, 1.165) is 20.5 Å². The maximum atomic E-state index is 13.9. The second-order valence-electron chi connectivity index (χ2n) is 7.17. The van der Waals surface area contributed by atoms with E-state index in [-0.39, 0.29) is 29.8 Å². The highest BCUT2D eigenvalue weighted by Crippen LogP contribution is 2.29.